The summed E-state index contributed by atoms with van der Waals surface area (Å²) in [4.78, 5) is 30.7. The molecule has 0 radical (unpaired) electrons. The van der Waals surface area contributed by atoms with Crippen LogP contribution in [0.4, 0.5) is 0 Å². The van der Waals surface area contributed by atoms with E-state index in [1.807, 2.05) is 54.0 Å². The Hall–Kier alpha value is -1.53. The van der Waals surface area contributed by atoms with Gasteiger partial charge in [0.2, 0.25) is 11.8 Å². The van der Waals surface area contributed by atoms with E-state index in [-0.39, 0.29) is 29.4 Å². The van der Waals surface area contributed by atoms with Crippen LogP contribution in [0, 0.1) is 11.3 Å². The fourth-order valence-corrected chi connectivity index (χ4v) is 5.60. The van der Waals surface area contributed by atoms with Crippen molar-refractivity contribution in [3.05, 3.63) is 30.3 Å². The van der Waals surface area contributed by atoms with Crippen molar-refractivity contribution < 1.29 is 14.3 Å². The van der Waals surface area contributed by atoms with Crippen LogP contribution in [0.2, 0.25) is 0 Å². The molecule has 3 atom stereocenters. The summed E-state index contributed by atoms with van der Waals surface area (Å²) in [6.07, 6.45) is 3.14. The van der Waals surface area contributed by atoms with Gasteiger partial charge in [0.15, 0.2) is 0 Å². The van der Waals surface area contributed by atoms with Gasteiger partial charge in [-0.25, -0.2) is 0 Å². The monoisotopic (exact) mass is 402 g/mol. The van der Waals surface area contributed by atoms with Gasteiger partial charge < -0.3 is 14.5 Å². The normalized spacial score (nSPS) is 29.0. The molecule has 1 aromatic carbocycles. The summed E-state index contributed by atoms with van der Waals surface area (Å²) in [6.45, 7) is 7.06. The number of amides is 2. The van der Waals surface area contributed by atoms with Crippen molar-refractivity contribution in [2.45, 2.75) is 50.2 Å². The first-order valence-electron chi connectivity index (χ1n) is 10.4. The molecule has 0 bridgehead atoms. The van der Waals surface area contributed by atoms with Crippen molar-refractivity contribution in [2.75, 3.05) is 31.9 Å². The standard InChI is InChI=1S/C22H30N2O3S/c1-16-13-24(14-17(2)27-16)21(26)19-12-22(19)8-10-23(11-9-22)20(25)15-28-18-6-4-3-5-7-18/h3-7,16-17,19H,8-15H2,1-2H3/t16-,17+,19?. The topological polar surface area (TPSA) is 49.9 Å². The zero-order valence-corrected chi connectivity index (χ0v) is 17.6. The van der Waals surface area contributed by atoms with Crippen molar-refractivity contribution >= 4 is 23.6 Å². The Bertz CT molecular complexity index is 708. The molecule has 6 heteroatoms. The van der Waals surface area contributed by atoms with Crippen LogP contribution in [0.15, 0.2) is 35.2 Å². The van der Waals surface area contributed by atoms with Gasteiger partial charge in [0.1, 0.15) is 0 Å². The Morgan fingerprint density at radius 2 is 1.71 bits per heavy atom. The highest BCUT2D eigenvalue weighted by atomic mass is 32.2. The average Bonchev–Trinajstić information content (AvgIpc) is 3.39. The SMILES string of the molecule is C[C@@H]1CN(C(=O)C2CC23CCN(C(=O)CSc2ccccc2)CC3)C[C@H](C)O1. The van der Waals surface area contributed by atoms with Crippen LogP contribution in [0.5, 0.6) is 0 Å². The molecule has 1 unspecified atom stereocenters. The summed E-state index contributed by atoms with van der Waals surface area (Å²) < 4.78 is 5.76. The van der Waals surface area contributed by atoms with Gasteiger partial charge in [-0.05, 0) is 50.7 Å². The van der Waals surface area contributed by atoms with Gasteiger partial charge >= 0.3 is 0 Å². The number of ether oxygens (including phenoxy) is 1. The molecule has 1 aromatic rings. The molecule has 3 fully saturated rings. The number of carbonyl (C=O) groups excluding carboxylic acids is 2. The van der Waals surface area contributed by atoms with E-state index in [0.29, 0.717) is 24.7 Å². The zero-order chi connectivity index (χ0) is 19.7. The maximum absolute atomic E-state index is 13.0. The minimum absolute atomic E-state index is 0.115. The smallest absolute Gasteiger partial charge is 0.232 e. The van der Waals surface area contributed by atoms with Gasteiger partial charge in [-0.1, -0.05) is 18.2 Å². The van der Waals surface area contributed by atoms with Crippen LogP contribution in [-0.2, 0) is 14.3 Å². The van der Waals surface area contributed by atoms with E-state index < -0.39 is 0 Å². The van der Waals surface area contributed by atoms with Crippen molar-refractivity contribution in [3.8, 4) is 0 Å². The van der Waals surface area contributed by atoms with Crippen molar-refractivity contribution in [1.82, 2.24) is 9.80 Å². The average molecular weight is 403 g/mol. The highest BCUT2D eigenvalue weighted by Gasteiger charge is 2.59. The van der Waals surface area contributed by atoms with E-state index in [4.69, 9.17) is 4.74 Å². The largest absolute Gasteiger partial charge is 0.372 e. The third-order valence-corrected chi connectivity index (χ3v) is 7.43. The quantitative estimate of drug-likeness (QED) is 0.727. The second kappa shape index (κ2) is 8.07. The first-order chi connectivity index (χ1) is 13.5. The Morgan fingerprint density at radius 1 is 1.07 bits per heavy atom. The molecule has 1 aliphatic carbocycles. The maximum atomic E-state index is 13.0. The molecule has 0 aromatic heterocycles. The molecule has 3 aliphatic rings. The van der Waals surface area contributed by atoms with Gasteiger partial charge in [-0.3, -0.25) is 9.59 Å². The first-order valence-corrected chi connectivity index (χ1v) is 11.4. The number of nitrogens with zero attached hydrogens (tertiary/aromatic N) is 2. The molecule has 1 spiro atoms. The minimum Gasteiger partial charge on any atom is -0.372 e. The molecule has 5 nitrogen and oxygen atoms in total. The summed E-state index contributed by atoms with van der Waals surface area (Å²) in [6, 6.07) is 10.1. The molecule has 2 heterocycles. The molecule has 2 amide bonds. The number of likely N-dealkylation sites (tertiary alicyclic amines) is 1. The highest BCUT2D eigenvalue weighted by molar-refractivity contribution is 8.00. The molecule has 2 aliphatic heterocycles. The van der Waals surface area contributed by atoms with Crippen LogP contribution in [0.3, 0.4) is 0 Å². The van der Waals surface area contributed by atoms with Crippen LogP contribution in [0.25, 0.3) is 0 Å². The Morgan fingerprint density at radius 3 is 2.36 bits per heavy atom. The number of rotatable bonds is 4. The molecular formula is C22H30N2O3S. The second-order valence-electron chi connectivity index (χ2n) is 8.60. The van der Waals surface area contributed by atoms with Crippen LogP contribution >= 0.6 is 11.8 Å². The highest BCUT2D eigenvalue weighted by Crippen LogP contribution is 2.60. The molecule has 2 saturated heterocycles. The fraction of sp³-hybridized carbons (Fsp3) is 0.636. The van der Waals surface area contributed by atoms with Gasteiger partial charge in [-0.15, -0.1) is 11.8 Å². The van der Waals surface area contributed by atoms with E-state index in [9.17, 15) is 9.59 Å². The summed E-state index contributed by atoms with van der Waals surface area (Å²) in [5, 5.41) is 0. The molecule has 152 valence electrons. The summed E-state index contributed by atoms with van der Waals surface area (Å²) in [7, 11) is 0. The second-order valence-corrected chi connectivity index (χ2v) is 9.65. The van der Waals surface area contributed by atoms with Crippen LogP contribution in [-0.4, -0.2) is 65.8 Å². The lowest BCUT2D eigenvalue weighted by atomic mass is 9.90. The third-order valence-electron chi connectivity index (χ3n) is 6.44. The predicted molar refractivity (Wildman–Crippen MR) is 110 cm³/mol. The number of hydrogen-bond acceptors (Lipinski definition) is 4. The number of hydrogen-bond donors (Lipinski definition) is 0. The minimum atomic E-state index is 0.115. The van der Waals surface area contributed by atoms with E-state index >= 15 is 0 Å². The number of morpholine rings is 1. The fourth-order valence-electron chi connectivity index (χ4n) is 4.78. The summed E-state index contributed by atoms with van der Waals surface area (Å²) in [5.74, 6) is 1.16. The Balaban J connectivity index is 1.25. The number of carbonyl (C=O) groups is 2. The molecular weight excluding hydrogens is 372 g/mol. The van der Waals surface area contributed by atoms with E-state index in [0.717, 1.165) is 37.2 Å². The molecule has 0 N–H and O–H groups in total. The summed E-state index contributed by atoms with van der Waals surface area (Å²) in [5.41, 5.74) is 0.144. The lowest BCUT2D eigenvalue weighted by Crippen LogP contribution is -2.49. The third kappa shape index (κ3) is 4.23. The lowest BCUT2D eigenvalue weighted by molar-refractivity contribution is -0.145. The van der Waals surface area contributed by atoms with Gasteiger partial charge in [0, 0.05) is 37.0 Å². The van der Waals surface area contributed by atoms with Crippen molar-refractivity contribution in [1.29, 1.82) is 0 Å². The number of benzene rings is 1. The Kier molecular flexibility index (Phi) is 5.70. The summed E-state index contributed by atoms with van der Waals surface area (Å²) >= 11 is 1.60. The van der Waals surface area contributed by atoms with E-state index in [1.165, 1.54) is 0 Å². The molecule has 4 rings (SSSR count). The van der Waals surface area contributed by atoms with Gasteiger partial charge in [-0.2, -0.15) is 0 Å². The van der Waals surface area contributed by atoms with Gasteiger partial charge in [0.25, 0.3) is 0 Å². The van der Waals surface area contributed by atoms with Crippen LogP contribution in [0.1, 0.15) is 33.1 Å². The van der Waals surface area contributed by atoms with Crippen molar-refractivity contribution in [2.24, 2.45) is 11.3 Å². The van der Waals surface area contributed by atoms with E-state index in [1.54, 1.807) is 11.8 Å². The number of piperidine rings is 1. The number of thioether (sulfide) groups is 1. The lowest BCUT2D eigenvalue weighted by Gasteiger charge is -2.37. The van der Waals surface area contributed by atoms with Crippen molar-refractivity contribution in [3.63, 3.8) is 0 Å². The predicted octanol–water partition coefficient (Wildman–Crippen LogP) is 3.04. The maximum Gasteiger partial charge on any atom is 0.232 e. The zero-order valence-electron chi connectivity index (χ0n) is 16.8. The molecule has 28 heavy (non-hydrogen) atoms. The van der Waals surface area contributed by atoms with E-state index in [2.05, 4.69) is 0 Å². The first kappa shape index (κ1) is 19.8. The van der Waals surface area contributed by atoms with Crippen LogP contribution < -0.4 is 0 Å². The molecule has 1 saturated carbocycles. The Labute approximate surface area is 171 Å². The van der Waals surface area contributed by atoms with Gasteiger partial charge in [0.05, 0.1) is 18.0 Å².